The number of nitrogens with zero attached hydrogens (tertiary/aromatic N) is 5. The minimum Gasteiger partial charge on any atom is -0.387 e. The van der Waals surface area contributed by atoms with Crippen molar-refractivity contribution >= 4 is 50.4 Å². The van der Waals surface area contributed by atoms with Crippen molar-refractivity contribution in [3.05, 3.63) is 245 Å². The van der Waals surface area contributed by atoms with Gasteiger partial charge in [-0.05, 0) is 100 Å². The summed E-state index contributed by atoms with van der Waals surface area (Å²) >= 11 is 0. The Labute approximate surface area is 384 Å². The van der Waals surface area contributed by atoms with E-state index in [1.807, 2.05) is 0 Å². The predicted molar refractivity (Wildman–Crippen MR) is 269 cm³/mol. The fourth-order valence-corrected chi connectivity index (χ4v) is 11.5. The summed E-state index contributed by atoms with van der Waals surface area (Å²) in [4.78, 5) is 5.31. The summed E-state index contributed by atoms with van der Waals surface area (Å²) in [6.07, 6.45) is 24.7. The van der Waals surface area contributed by atoms with Crippen LogP contribution in [0.1, 0.15) is 75.5 Å². The number of hydrogen-bond acceptors (Lipinski definition) is 4. The molecule has 6 heterocycles. The van der Waals surface area contributed by atoms with E-state index in [1.54, 1.807) is 0 Å². The minimum atomic E-state index is 0.00132. The Balaban J connectivity index is 0.883. The van der Waals surface area contributed by atoms with Crippen LogP contribution in [0.3, 0.4) is 0 Å². The van der Waals surface area contributed by atoms with Crippen molar-refractivity contribution in [2.75, 3.05) is 0 Å². The number of para-hydroxylation sites is 1. The van der Waals surface area contributed by atoms with Crippen molar-refractivity contribution in [2.45, 2.75) is 43.6 Å². The van der Waals surface area contributed by atoms with E-state index >= 15 is 0 Å². The lowest BCUT2D eigenvalue weighted by Crippen LogP contribution is -2.17. The molecule has 2 aliphatic carbocycles. The number of hydrogen-bond donors (Lipinski definition) is 1. The van der Waals surface area contributed by atoms with E-state index in [0.717, 1.165) is 25.1 Å². The fraction of sp³-hybridized carbons (Fsp3) is 0.117. The number of pyridine rings is 1. The van der Waals surface area contributed by atoms with Gasteiger partial charge in [0.1, 0.15) is 12.3 Å². The molecule has 0 amide bonds. The first-order chi connectivity index (χ1) is 32.7. The van der Waals surface area contributed by atoms with Gasteiger partial charge in [-0.25, -0.2) is 0 Å². The third kappa shape index (κ3) is 5.81. The molecule has 14 rings (SSSR count). The third-order valence-electron chi connectivity index (χ3n) is 14.7. The third-order valence-corrected chi connectivity index (χ3v) is 14.7. The Morgan fingerprint density at radius 1 is 0.606 bits per heavy atom. The van der Waals surface area contributed by atoms with Crippen LogP contribution in [0, 0.1) is 0 Å². The first-order valence-corrected chi connectivity index (χ1v) is 23.3. The van der Waals surface area contributed by atoms with Crippen molar-refractivity contribution in [3.8, 4) is 16.8 Å². The monoisotopic (exact) mass is 850 g/mol. The van der Waals surface area contributed by atoms with E-state index in [1.165, 1.54) is 94.3 Å². The molecular formula is C60H46N6. The van der Waals surface area contributed by atoms with Crippen LogP contribution in [0.4, 0.5) is 0 Å². The molecule has 5 unspecified atom stereocenters. The Kier molecular flexibility index (Phi) is 8.40. The molecule has 316 valence electrons. The highest BCUT2D eigenvalue weighted by Crippen LogP contribution is 2.59. The van der Waals surface area contributed by atoms with E-state index in [9.17, 15) is 0 Å². The second-order valence-corrected chi connectivity index (χ2v) is 18.3. The molecule has 6 aromatic carbocycles. The molecule has 5 aliphatic rings. The molecule has 3 aliphatic heterocycles. The summed E-state index contributed by atoms with van der Waals surface area (Å²) in [5, 5.41) is 13.7. The smallest absolute Gasteiger partial charge is 0.144 e. The molecule has 5 atom stereocenters. The molecule has 66 heavy (non-hydrogen) atoms. The summed E-state index contributed by atoms with van der Waals surface area (Å²) in [7, 11) is 0. The topological polar surface area (TPSA) is 40.8 Å². The van der Waals surface area contributed by atoms with Gasteiger partial charge in [0.25, 0.3) is 0 Å². The Bertz CT molecular complexity index is 3580. The Morgan fingerprint density at radius 3 is 2.27 bits per heavy atom. The summed E-state index contributed by atoms with van der Waals surface area (Å²) in [5.41, 5.74) is 17.5. The average molecular weight is 851 g/mol. The van der Waals surface area contributed by atoms with E-state index in [-0.39, 0.29) is 18.2 Å². The number of fused-ring (bicyclic) bond motifs is 8. The standard InChI is InChI=1S/C60H46N6/c1-4-15-39(16-5-1)44-31-45(40-17-6-2-7-18-40)33-46(32-44)63-56-29-30-61-37-51(56)52-38-62-53(35-58(52)63)43-27-28-55-50(34-43)48-24-12-13-26-54(48)64(55)59-36-57(42-20-8-3-9-21-42)65-60(66(59)65)49-25-14-22-41-19-10-11-23-47(41)49/h1-17,19-33,35-36,38,40,43,59-61H,18,34,37H2. The summed E-state index contributed by atoms with van der Waals surface area (Å²) in [5.74, 6) is 0.433. The van der Waals surface area contributed by atoms with Crippen molar-refractivity contribution in [1.82, 2.24) is 29.5 Å². The van der Waals surface area contributed by atoms with Crippen LogP contribution in [-0.2, 0) is 13.0 Å². The van der Waals surface area contributed by atoms with Crippen LogP contribution in [0.5, 0.6) is 0 Å². The van der Waals surface area contributed by atoms with Gasteiger partial charge in [0, 0.05) is 63.6 Å². The lowest BCUT2D eigenvalue weighted by molar-refractivity contribution is 0.293. The van der Waals surface area contributed by atoms with Crippen molar-refractivity contribution in [2.24, 2.45) is 0 Å². The zero-order valence-corrected chi connectivity index (χ0v) is 36.4. The van der Waals surface area contributed by atoms with Crippen LogP contribution in [0.15, 0.2) is 201 Å². The zero-order chi connectivity index (χ0) is 43.3. The second-order valence-electron chi connectivity index (χ2n) is 18.3. The summed E-state index contributed by atoms with van der Waals surface area (Å²) in [6.45, 7) is 0.765. The van der Waals surface area contributed by atoms with E-state index < -0.39 is 0 Å². The number of allylic oxidation sites excluding steroid dienone is 5. The first-order valence-electron chi connectivity index (χ1n) is 23.3. The average Bonchev–Trinajstić information content (AvgIpc) is 3.65. The maximum absolute atomic E-state index is 5.31. The van der Waals surface area contributed by atoms with Gasteiger partial charge in [-0.1, -0.05) is 158 Å². The molecule has 1 saturated heterocycles. The maximum Gasteiger partial charge on any atom is 0.144 e. The van der Waals surface area contributed by atoms with Gasteiger partial charge in [0.15, 0.2) is 0 Å². The fourth-order valence-electron chi connectivity index (χ4n) is 11.5. The molecule has 0 saturated carbocycles. The van der Waals surface area contributed by atoms with Gasteiger partial charge >= 0.3 is 0 Å². The lowest BCUT2D eigenvalue weighted by Gasteiger charge is -2.22. The molecule has 0 bridgehead atoms. The molecule has 6 heteroatoms. The number of hydrazine groups is 1. The number of nitrogens with one attached hydrogen (secondary N) is 1. The van der Waals surface area contributed by atoms with E-state index in [2.05, 4.69) is 237 Å². The van der Waals surface area contributed by atoms with Crippen molar-refractivity contribution in [3.63, 3.8) is 0 Å². The van der Waals surface area contributed by atoms with Gasteiger partial charge in [-0.15, -0.1) is 0 Å². The second kappa shape index (κ2) is 14.8. The van der Waals surface area contributed by atoms with Crippen LogP contribution in [0.25, 0.3) is 67.2 Å². The maximum atomic E-state index is 5.31. The molecule has 0 radical (unpaired) electrons. The van der Waals surface area contributed by atoms with Gasteiger partial charge in [0.05, 0.1) is 22.4 Å². The van der Waals surface area contributed by atoms with Crippen LogP contribution < -0.4 is 5.32 Å². The Morgan fingerprint density at radius 2 is 1.41 bits per heavy atom. The normalized spacial score (nSPS) is 21.2. The van der Waals surface area contributed by atoms with Gasteiger partial charge < -0.3 is 14.5 Å². The number of aromatic nitrogens is 3. The van der Waals surface area contributed by atoms with Gasteiger partial charge in [-0.3, -0.25) is 9.99 Å². The van der Waals surface area contributed by atoms with E-state index in [0.29, 0.717) is 5.92 Å². The minimum absolute atomic E-state index is 0.00132. The zero-order valence-electron chi connectivity index (χ0n) is 36.4. The molecule has 1 fully saturated rings. The van der Waals surface area contributed by atoms with Crippen LogP contribution in [-0.4, -0.2) is 24.1 Å². The summed E-state index contributed by atoms with van der Waals surface area (Å²) < 4.78 is 5.09. The van der Waals surface area contributed by atoms with Gasteiger partial charge in [0.2, 0.25) is 0 Å². The largest absolute Gasteiger partial charge is 0.387 e. The molecule has 9 aromatic rings. The van der Waals surface area contributed by atoms with Crippen molar-refractivity contribution < 1.29 is 0 Å². The predicted octanol–water partition coefficient (Wildman–Crippen LogP) is 13.6. The number of benzene rings is 6. The highest BCUT2D eigenvalue weighted by Gasteiger charge is 2.57. The van der Waals surface area contributed by atoms with Crippen LogP contribution >= 0.6 is 0 Å². The molecule has 1 N–H and O–H groups in total. The molecule has 0 spiro atoms. The van der Waals surface area contributed by atoms with Crippen molar-refractivity contribution in [1.29, 1.82) is 0 Å². The molecule has 3 aromatic heterocycles. The van der Waals surface area contributed by atoms with Gasteiger partial charge in [-0.2, -0.15) is 5.01 Å². The number of rotatable bonds is 7. The molecular weight excluding hydrogens is 805 g/mol. The molecule has 6 nitrogen and oxygen atoms in total. The van der Waals surface area contributed by atoms with E-state index in [4.69, 9.17) is 4.98 Å². The highest BCUT2D eigenvalue weighted by molar-refractivity contribution is 5.93. The Hall–Kier alpha value is -7.93. The first kappa shape index (κ1) is 37.4. The lowest BCUT2D eigenvalue weighted by atomic mass is 9.89. The SMILES string of the molecule is C1=CCC(c2cc(-c3ccccc3)cc(-n3c4c(c5cnc(C6C=Cc7c(c8ccccc8n7C7C=C(c8ccccc8)N8C(c9cccc%10ccccc9%10)N78)C6)cc53)CNC=C4)c2)C=C1. The quantitative estimate of drug-likeness (QED) is 0.162. The highest BCUT2D eigenvalue weighted by atomic mass is 15.9. The summed E-state index contributed by atoms with van der Waals surface area (Å²) in [6, 6.07) is 55.9. The van der Waals surface area contributed by atoms with Crippen LogP contribution in [0.2, 0.25) is 0 Å².